The summed E-state index contributed by atoms with van der Waals surface area (Å²) in [4.78, 5) is 21.1. The molecule has 0 radical (unpaired) electrons. The highest BCUT2D eigenvalue weighted by Gasteiger charge is 2.15. The zero-order chi connectivity index (χ0) is 14.3. The van der Waals surface area contributed by atoms with Crippen LogP contribution in [0, 0.1) is 10.1 Å². The van der Waals surface area contributed by atoms with Gasteiger partial charge >= 0.3 is 11.7 Å². The second kappa shape index (κ2) is 7.20. The molecule has 0 spiro atoms. The third kappa shape index (κ3) is 4.46. The molecule has 104 valence electrons. The molecule has 7 heteroatoms. The molecule has 0 saturated carbocycles. The number of methoxy groups -OCH3 is 2. The fourth-order valence-corrected chi connectivity index (χ4v) is 1.41. The number of rotatable bonds is 7. The van der Waals surface area contributed by atoms with Gasteiger partial charge in [-0.1, -0.05) is 0 Å². The van der Waals surface area contributed by atoms with Gasteiger partial charge in [-0.15, -0.1) is 0 Å². The number of benzene rings is 1. The zero-order valence-electron chi connectivity index (χ0n) is 10.8. The van der Waals surface area contributed by atoms with Crippen molar-refractivity contribution in [1.29, 1.82) is 0 Å². The summed E-state index contributed by atoms with van der Waals surface area (Å²) in [6, 6.07) is 4.33. The van der Waals surface area contributed by atoms with Gasteiger partial charge in [-0.05, 0) is 18.6 Å². The Bertz CT molecular complexity index is 460. The van der Waals surface area contributed by atoms with E-state index in [2.05, 4.69) is 4.74 Å². The van der Waals surface area contributed by atoms with Crippen molar-refractivity contribution in [3.8, 4) is 11.5 Å². The molecule has 7 nitrogen and oxygen atoms in total. The SMILES string of the molecule is COC(=O)CCCOc1ccc(OC)c([N+](=O)[O-])c1. The molecular formula is C12H15NO6. The quantitative estimate of drug-likeness (QED) is 0.325. The molecule has 0 N–H and O–H groups in total. The smallest absolute Gasteiger partial charge is 0.314 e. The van der Waals surface area contributed by atoms with Gasteiger partial charge in [-0.25, -0.2) is 0 Å². The van der Waals surface area contributed by atoms with E-state index >= 15 is 0 Å². The van der Waals surface area contributed by atoms with Crippen LogP contribution < -0.4 is 9.47 Å². The van der Waals surface area contributed by atoms with E-state index in [9.17, 15) is 14.9 Å². The molecule has 0 heterocycles. The third-order valence-electron chi connectivity index (χ3n) is 2.37. The summed E-state index contributed by atoms with van der Waals surface area (Å²) in [6.07, 6.45) is 0.723. The van der Waals surface area contributed by atoms with E-state index in [0.29, 0.717) is 12.2 Å². The first-order valence-electron chi connectivity index (χ1n) is 5.60. The molecule has 0 unspecified atom stereocenters. The minimum atomic E-state index is -0.542. The van der Waals surface area contributed by atoms with Crippen LogP contribution in [0.4, 0.5) is 5.69 Å². The molecule has 1 aromatic rings. The van der Waals surface area contributed by atoms with Gasteiger partial charge in [0.1, 0.15) is 5.75 Å². The molecule has 1 rings (SSSR count). The molecule has 0 aliphatic heterocycles. The van der Waals surface area contributed by atoms with Crippen LogP contribution in [0.3, 0.4) is 0 Å². The minimum Gasteiger partial charge on any atom is -0.493 e. The van der Waals surface area contributed by atoms with Gasteiger partial charge in [-0.2, -0.15) is 0 Å². The van der Waals surface area contributed by atoms with E-state index in [1.54, 1.807) is 6.07 Å². The van der Waals surface area contributed by atoms with E-state index in [1.807, 2.05) is 0 Å². The van der Waals surface area contributed by atoms with Gasteiger partial charge in [0.05, 0.1) is 31.8 Å². The van der Waals surface area contributed by atoms with Crippen LogP contribution in [0.25, 0.3) is 0 Å². The number of nitro groups is 1. The number of esters is 1. The van der Waals surface area contributed by atoms with E-state index in [1.165, 1.54) is 26.4 Å². The third-order valence-corrected chi connectivity index (χ3v) is 2.37. The fourth-order valence-electron chi connectivity index (χ4n) is 1.41. The van der Waals surface area contributed by atoms with Crippen molar-refractivity contribution in [2.45, 2.75) is 12.8 Å². The number of hydrogen-bond donors (Lipinski definition) is 0. The summed E-state index contributed by atoms with van der Waals surface area (Å²) < 4.78 is 14.7. The summed E-state index contributed by atoms with van der Waals surface area (Å²) in [5.41, 5.74) is -0.159. The standard InChI is InChI=1S/C12H15NO6/c1-17-11-6-5-9(8-10(11)13(15)16)19-7-3-4-12(14)18-2/h5-6,8H,3-4,7H2,1-2H3. The first kappa shape index (κ1) is 14.7. The van der Waals surface area contributed by atoms with Crippen LogP contribution in [-0.2, 0) is 9.53 Å². The normalized spacial score (nSPS) is 9.79. The number of nitrogens with zero attached hydrogens (tertiary/aromatic N) is 1. The zero-order valence-corrected chi connectivity index (χ0v) is 10.8. The Hall–Kier alpha value is -2.31. The number of hydrogen-bond acceptors (Lipinski definition) is 6. The summed E-state index contributed by atoms with van der Waals surface area (Å²) >= 11 is 0. The van der Waals surface area contributed by atoms with Crippen molar-refractivity contribution in [2.75, 3.05) is 20.8 Å². The second-order valence-corrected chi connectivity index (χ2v) is 3.62. The lowest BCUT2D eigenvalue weighted by Gasteiger charge is -2.07. The van der Waals surface area contributed by atoms with Gasteiger partial charge in [0.25, 0.3) is 0 Å². The molecule has 0 atom stereocenters. The maximum Gasteiger partial charge on any atom is 0.314 e. The lowest BCUT2D eigenvalue weighted by Crippen LogP contribution is -2.04. The van der Waals surface area contributed by atoms with Crippen LogP contribution >= 0.6 is 0 Å². The molecule has 0 saturated heterocycles. The van der Waals surface area contributed by atoms with Crippen molar-refractivity contribution in [1.82, 2.24) is 0 Å². The number of carbonyl (C=O) groups is 1. The molecule has 0 bridgehead atoms. The topological polar surface area (TPSA) is 87.9 Å². The van der Waals surface area contributed by atoms with Crippen molar-refractivity contribution in [3.05, 3.63) is 28.3 Å². The molecule has 0 aliphatic carbocycles. The Morgan fingerprint density at radius 2 is 2.11 bits per heavy atom. The monoisotopic (exact) mass is 269 g/mol. The number of ether oxygens (including phenoxy) is 3. The average Bonchev–Trinajstić information content (AvgIpc) is 2.42. The van der Waals surface area contributed by atoms with Crippen LogP contribution in [0.1, 0.15) is 12.8 Å². The molecule has 0 fully saturated rings. The van der Waals surface area contributed by atoms with Crippen LogP contribution in [0.15, 0.2) is 18.2 Å². The Morgan fingerprint density at radius 1 is 1.37 bits per heavy atom. The van der Waals surface area contributed by atoms with Crippen LogP contribution in [0.2, 0.25) is 0 Å². The lowest BCUT2D eigenvalue weighted by molar-refractivity contribution is -0.385. The van der Waals surface area contributed by atoms with Crippen molar-refractivity contribution in [3.63, 3.8) is 0 Å². The van der Waals surface area contributed by atoms with Crippen molar-refractivity contribution >= 4 is 11.7 Å². The minimum absolute atomic E-state index is 0.159. The molecule has 0 aromatic heterocycles. The van der Waals surface area contributed by atoms with Crippen LogP contribution in [0.5, 0.6) is 11.5 Å². The molecule has 0 amide bonds. The maximum absolute atomic E-state index is 10.9. The Balaban J connectivity index is 2.57. The Kier molecular flexibility index (Phi) is 5.59. The Morgan fingerprint density at radius 3 is 2.68 bits per heavy atom. The van der Waals surface area contributed by atoms with Gasteiger partial charge in [0.15, 0.2) is 5.75 Å². The highest BCUT2D eigenvalue weighted by Crippen LogP contribution is 2.30. The Labute approximate surface area is 110 Å². The molecule has 0 aliphatic rings. The molecular weight excluding hydrogens is 254 g/mol. The number of nitro benzene ring substituents is 1. The van der Waals surface area contributed by atoms with E-state index in [4.69, 9.17) is 9.47 Å². The highest BCUT2D eigenvalue weighted by molar-refractivity contribution is 5.69. The number of carbonyl (C=O) groups excluding carboxylic acids is 1. The summed E-state index contributed by atoms with van der Waals surface area (Å²) in [7, 11) is 2.68. The van der Waals surface area contributed by atoms with Gasteiger partial charge in [-0.3, -0.25) is 14.9 Å². The summed E-state index contributed by atoms with van der Waals surface area (Å²) in [5, 5.41) is 10.8. The molecule has 1 aromatic carbocycles. The predicted octanol–water partition coefficient (Wildman–Crippen LogP) is 1.94. The fraction of sp³-hybridized carbons (Fsp3) is 0.417. The van der Waals surface area contributed by atoms with Crippen molar-refractivity contribution < 1.29 is 23.9 Å². The van der Waals surface area contributed by atoms with Gasteiger partial charge in [0.2, 0.25) is 0 Å². The van der Waals surface area contributed by atoms with Gasteiger partial charge in [0, 0.05) is 6.42 Å². The van der Waals surface area contributed by atoms with Crippen molar-refractivity contribution in [2.24, 2.45) is 0 Å². The van der Waals surface area contributed by atoms with E-state index in [-0.39, 0.29) is 30.4 Å². The second-order valence-electron chi connectivity index (χ2n) is 3.62. The van der Waals surface area contributed by atoms with Gasteiger partial charge < -0.3 is 14.2 Å². The molecule has 19 heavy (non-hydrogen) atoms. The highest BCUT2D eigenvalue weighted by atomic mass is 16.6. The van der Waals surface area contributed by atoms with E-state index < -0.39 is 4.92 Å². The first-order chi connectivity index (χ1) is 9.08. The summed E-state index contributed by atoms with van der Waals surface area (Å²) in [6.45, 7) is 0.276. The van der Waals surface area contributed by atoms with Crippen LogP contribution in [-0.4, -0.2) is 31.7 Å². The average molecular weight is 269 g/mol. The van der Waals surface area contributed by atoms with E-state index in [0.717, 1.165) is 0 Å². The predicted molar refractivity (Wildman–Crippen MR) is 66.4 cm³/mol. The largest absolute Gasteiger partial charge is 0.493 e. The maximum atomic E-state index is 10.9. The lowest BCUT2D eigenvalue weighted by atomic mass is 10.2. The summed E-state index contributed by atoms with van der Waals surface area (Å²) in [5.74, 6) is 0.216. The first-order valence-corrected chi connectivity index (χ1v) is 5.60.